The van der Waals surface area contributed by atoms with E-state index in [4.69, 9.17) is 0 Å². The van der Waals surface area contributed by atoms with E-state index in [0.717, 1.165) is 0 Å². The minimum atomic E-state index is 0.704. The number of fused-ring (bicyclic) bond motifs is 1. The second-order valence-corrected chi connectivity index (χ2v) is 5.33. The van der Waals surface area contributed by atoms with Gasteiger partial charge in [0, 0.05) is 24.8 Å². The molecule has 0 aliphatic carbocycles. The summed E-state index contributed by atoms with van der Waals surface area (Å²) in [5, 5.41) is 3.66. The summed E-state index contributed by atoms with van der Waals surface area (Å²) in [6.07, 6.45) is 6.66. The number of para-hydroxylation sites is 1. The standard InChI is InChI=1S/C15H22N2/c1-2-9-15-13(6-1)7-5-11-17(15)12-14-8-3-4-10-16-14/h1-2,6,9,14,16H,3-5,7-8,10-12H2/t14-/m0/s1. The summed E-state index contributed by atoms with van der Waals surface area (Å²) < 4.78 is 0. The van der Waals surface area contributed by atoms with Gasteiger partial charge in [-0.2, -0.15) is 0 Å². The first kappa shape index (κ1) is 11.1. The molecule has 0 aromatic heterocycles. The predicted octanol–water partition coefficient (Wildman–Crippen LogP) is 2.58. The van der Waals surface area contributed by atoms with Crippen molar-refractivity contribution in [2.45, 2.75) is 38.1 Å². The minimum Gasteiger partial charge on any atom is -0.370 e. The van der Waals surface area contributed by atoms with Crippen molar-refractivity contribution in [3.05, 3.63) is 29.8 Å². The third-order valence-corrected chi connectivity index (χ3v) is 4.06. The number of piperidine rings is 1. The molecule has 2 heterocycles. The van der Waals surface area contributed by atoms with Crippen molar-refractivity contribution < 1.29 is 0 Å². The van der Waals surface area contributed by atoms with E-state index < -0.39 is 0 Å². The molecule has 2 aliphatic heterocycles. The van der Waals surface area contributed by atoms with Gasteiger partial charge in [0.2, 0.25) is 0 Å². The molecule has 0 bridgehead atoms. The summed E-state index contributed by atoms with van der Waals surface area (Å²) in [6.45, 7) is 3.63. The Labute approximate surface area is 104 Å². The van der Waals surface area contributed by atoms with Gasteiger partial charge in [0.25, 0.3) is 0 Å². The van der Waals surface area contributed by atoms with E-state index in [2.05, 4.69) is 34.5 Å². The van der Waals surface area contributed by atoms with Crippen LogP contribution in [0, 0.1) is 0 Å². The molecule has 1 fully saturated rings. The Balaban J connectivity index is 1.71. The van der Waals surface area contributed by atoms with E-state index in [9.17, 15) is 0 Å². The summed E-state index contributed by atoms with van der Waals surface area (Å²) in [5.74, 6) is 0. The SMILES string of the molecule is c1ccc2c(c1)CCCN2C[C@@H]1CCCCN1. The molecule has 2 aliphatic rings. The van der Waals surface area contributed by atoms with Crippen molar-refractivity contribution >= 4 is 5.69 Å². The van der Waals surface area contributed by atoms with Crippen LogP contribution in [0.2, 0.25) is 0 Å². The van der Waals surface area contributed by atoms with Gasteiger partial charge in [-0.05, 0) is 43.9 Å². The first-order chi connectivity index (χ1) is 8.43. The average molecular weight is 230 g/mol. The van der Waals surface area contributed by atoms with Gasteiger partial charge >= 0.3 is 0 Å². The summed E-state index contributed by atoms with van der Waals surface area (Å²) in [4.78, 5) is 2.59. The number of anilines is 1. The zero-order valence-electron chi connectivity index (χ0n) is 10.5. The fraction of sp³-hybridized carbons (Fsp3) is 0.600. The molecule has 17 heavy (non-hydrogen) atoms. The minimum absolute atomic E-state index is 0.704. The zero-order valence-corrected chi connectivity index (χ0v) is 10.5. The zero-order chi connectivity index (χ0) is 11.5. The van der Waals surface area contributed by atoms with Crippen molar-refractivity contribution in [1.29, 1.82) is 0 Å². The lowest BCUT2D eigenvalue weighted by molar-refractivity contribution is 0.397. The molecule has 0 saturated carbocycles. The molecule has 2 nitrogen and oxygen atoms in total. The molecule has 3 rings (SSSR count). The Morgan fingerprint density at radius 2 is 2.12 bits per heavy atom. The van der Waals surface area contributed by atoms with Gasteiger partial charge < -0.3 is 10.2 Å². The van der Waals surface area contributed by atoms with Gasteiger partial charge in [-0.1, -0.05) is 24.6 Å². The van der Waals surface area contributed by atoms with E-state index in [0.29, 0.717) is 6.04 Å². The first-order valence-electron chi connectivity index (χ1n) is 7.00. The summed E-state index contributed by atoms with van der Waals surface area (Å²) in [6, 6.07) is 9.62. The predicted molar refractivity (Wildman–Crippen MR) is 72.6 cm³/mol. The normalized spacial score (nSPS) is 24.5. The Morgan fingerprint density at radius 1 is 1.18 bits per heavy atom. The first-order valence-corrected chi connectivity index (χ1v) is 7.00. The molecule has 0 radical (unpaired) electrons. The highest BCUT2D eigenvalue weighted by molar-refractivity contribution is 5.55. The van der Waals surface area contributed by atoms with Crippen LogP contribution in [0.5, 0.6) is 0 Å². The largest absolute Gasteiger partial charge is 0.370 e. The number of hydrogen-bond acceptors (Lipinski definition) is 2. The van der Waals surface area contributed by atoms with Crippen LogP contribution < -0.4 is 10.2 Å². The number of nitrogens with one attached hydrogen (secondary N) is 1. The maximum Gasteiger partial charge on any atom is 0.0399 e. The Morgan fingerprint density at radius 3 is 3.00 bits per heavy atom. The van der Waals surface area contributed by atoms with Crippen LogP contribution in [0.15, 0.2) is 24.3 Å². The highest BCUT2D eigenvalue weighted by Gasteiger charge is 2.20. The van der Waals surface area contributed by atoms with Crippen molar-refractivity contribution in [2.24, 2.45) is 0 Å². The van der Waals surface area contributed by atoms with Gasteiger partial charge in [-0.15, -0.1) is 0 Å². The molecule has 1 aromatic carbocycles. The number of aryl methyl sites for hydroxylation is 1. The van der Waals surface area contributed by atoms with Crippen LogP contribution in [0.1, 0.15) is 31.2 Å². The van der Waals surface area contributed by atoms with Crippen LogP contribution in [-0.4, -0.2) is 25.7 Å². The molecule has 2 heteroatoms. The topological polar surface area (TPSA) is 15.3 Å². The lowest BCUT2D eigenvalue weighted by atomic mass is 9.99. The quantitative estimate of drug-likeness (QED) is 0.840. The monoisotopic (exact) mass is 230 g/mol. The molecular formula is C15H22N2. The van der Waals surface area contributed by atoms with Crippen LogP contribution in [0.25, 0.3) is 0 Å². The van der Waals surface area contributed by atoms with Crippen LogP contribution in [0.4, 0.5) is 5.69 Å². The Kier molecular flexibility index (Phi) is 3.32. The lowest BCUT2D eigenvalue weighted by Gasteiger charge is -2.35. The van der Waals surface area contributed by atoms with Crippen LogP contribution >= 0.6 is 0 Å². The number of benzene rings is 1. The van der Waals surface area contributed by atoms with Crippen molar-refractivity contribution in [3.63, 3.8) is 0 Å². The Hall–Kier alpha value is -1.02. The van der Waals surface area contributed by atoms with E-state index >= 15 is 0 Å². The fourth-order valence-corrected chi connectivity index (χ4v) is 3.15. The van der Waals surface area contributed by atoms with Crippen LogP contribution in [-0.2, 0) is 6.42 Å². The Bertz CT molecular complexity index is 369. The van der Waals surface area contributed by atoms with Gasteiger partial charge in [0.05, 0.1) is 0 Å². The molecule has 1 aromatic rings. The summed E-state index contributed by atoms with van der Waals surface area (Å²) in [7, 11) is 0. The average Bonchev–Trinajstić information content (AvgIpc) is 2.40. The highest BCUT2D eigenvalue weighted by atomic mass is 15.2. The van der Waals surface area contributed by atoms with Crippen molar-refractivity contribution in [3.8, 4) is 0 Å². The summed E-state index contributed by atoms with van der Waals surface area (Å²) >= 11 is 0. The molecule has 1 N–H and O–H groups in total. The molecule has 1 saturated heterocycles. The molecule has 0 spiro atoms. The molecular weight excluding hydrogens is 208 g/mol. The highest BCUT2D eigenvalue weighted by Crippen LogP contribution is 2.27. The third kappa shape index (κ3) is 2.47. The van der Waals surface area contributed by atoms with Gasteiger partial charge in [-0.25, -0.2) is 0 Å². The number of rotatable bonds is 2. The molecule has 1 atom stereocenters. The maximum atomic E-state index is 3.66. The molecule has 92 valence electrons. The van der Waals surface area contributed by atoms with E-state index in [-0.39, 0.29) is 0 Å². The fourth-order valence-electron chi connectivity index (χ4n) is 3.15. The van der Waals surface area contributed by atoms with E-state index in [1.54, 1.807) is 0 Å². The van der Waals surface area contributed by atoms with Crippen LogP contribution in [0.3, 0.4) is 0 Å². The number of nitrogens with zero attached hydrogens (tertiary/aromatic N) is 1. The van der Waals surface area contributed by atoms with Gasteiger partial charge in [0.1, 0.15) is 0 Å². The second-order valence-electron chi connectivity index (χ2n) is 5.33. The molecule has 0 amide bonds. The summed E-state index contributed by atoms with van der Waals surface area (Å²) in [5.41, 5.74) is 3.01. The lowest BCUT2D eigenvalue weighted by Crippen LogP contribution is -2.45. The third-order valence-electron chi connectivity index (χ3n) is 4.06. The molecule has 0 unspecified atom stereocenters. The maximum absolute atomic E-state index is 3.66. The van der Waals surface area contributed by atoms with E-state index in [1.165, 1.54) is 63.0 Å². The second kappa shape index (κ2) is 5.09. The van der Waals surface area contributed by atoms with Crippen molar-refractivity contribution in [2.75, 3.05) is 24.5 Å². The van der Waals surface area contributed by atoms with Crippen molar-refractivity contribution in [1.82, 2.24) is 5.32 Å². The number of hydrogen-bond donors (Lipinski definition) is 1. The van der Waals surface area contributed by atoms with Gasteiger partial charge in [-0.3, -0.25) is 0 Å². The van der Waals surface area contributed by atoms with E-state index in [1.807, 2.05) is 0 Å². The smallest absolute Gasteiger partial charge is 0.0399 e. The van der Waals surface area contributed by atoms with Gasteiger partial charge in [0.15, 0.2) is 0 Å².